The number of hydrogen-bond donors (Lipinski definition) is 1. The normalized spacial score (nSPS) is 14.7. The molecule has 0 aliphatic carbocycles. The van der Waals surface area contributed by atoms with E-state index in [0.717, 1.165) is 0 Å². The maximum absolute atomic E-state index is 12.4. The van der Waals surface area contributed by atoms with Crippen LogP contribution in [0.2, 0.25) is 5.02 Å². The summed E-state index contributed by atoms with van der Waals surface area (Å²) < 4.78 is 32.1. The van der Waals surface area contributed by atoms with Crippen molar-refractivity contribution in [2.45, 2.75) is 11.4 Å². The predicted molar refractivity (Wildman–Crippen MR) is 90.6 cm³/mol. The fourth-order valence-corrected chi connectivity index (χ4v) is 3.54. The minimum Gasteiger partial charge on any atom is -0.447 e. The van der Waals surface area contributed by atoms with Crippen molar-refractivity contribution < 1.29 is 17.9 Å². The molecule has 1 fully saturated rings. The van der Waals surface area contributed by atoms with Crippen molar-refractivity contribution in [3.8, 4) is 0 Å². The second kappa shape index (κ2) is 6.80. The van der Waals surface area contributed by atoms with Crippen LogP contribution in [0.3, 0.4) is 0 Å². The van der Waals surface area contributed by atoms with Gasteiger partial charge in [-0.3, -0.25) is 4.90 Å². The van der Waals surface area contributed by atoms with Crippen LogP contribution in [0.15, 0.2) is 53.4 Å². The highest BCUT2D eigenvalue weighted by Gasteiger charge is 2.24. The highest BCUT2D eigenvalue weighted by molar-refractivity contribution is 7.89. The Morgan fingerprint density at radius 3 is 2.46 bits per heavy atom. The van der Waals surface area contributed by atoms with Gasteiger partial charge in [0.05, 0.1) is 11.4 Å². The standard InChI is InChI=1S/C16H15ClN2O4S/c17-15-4-2-1-3-12(15)11-18-24(21,22)14-7-5-13(6-8-14)19-9-10-23-16(19)20/h1-8,18H,9-11H2. The number of anilines is 1. The van der Waals surface area contributed by atoms with E-state index in [1.165, 1.54) is 17.0 Å². The van der Waals surface area contributed by atoms with E-state index in [0.29, 0.717) is 29.4 Å². The number of carbonyl (C=O) groups is 1. The summed E-state index contributed by atoms with van der Waals surface area (Å²) in [5.41, 5.74) is 1.29. The third-order valence-electron chi connectivity index (χ3n) is 3.63. The molecular formula is C16H15ClN2O4S. The van der Waals surface area contributed by atoms with Gasteiger partial charge >= 0.3 is 6.09 Å². The second-order valence-electron chi connectivity index (χ2n) is 5.18. The monoisotopic (exact) mass is 366 g/mol. The summed E-state index contributed by atoms with van der Waals surface area (Å²) in [4.78, 5) is 13.1. The maximum atomic E-state index is 12.4. The molecule has 6 nitrogen and oxygen atoms in total. The first-order chi connectivity index (χ1) is 11.5. The van der Waals surface area contributed by atoms with Crippen LogP contribution in [0.4, 0.5) is 10.5 Å². The van der Waals surface area contributed by atoms with Gasteiger partial charge in [-0.05, 0) is 35.9 Å². The van der Waals surface area contributed by atoms with Crippen molar-refractivity contribution in [2.75, 3.05) is 18.1 Å². The van der Waals surface area contributed by atoms with Crippen molar-refractivity contribution in [1.29, 1.82) is 0 Å². The lowest BCUT2D eigenvalue weighted by molar-refractivity contribution is 0.181. The number of carbonyl (C=O) groups excluding carboxylic acids is 1. The molecule has 0 atom stereocenters. The second-order valence-corrected chi connectivity index (χ2v) is 7.35. The average molecular weight is 367 g/mol. The summed E-state index contributed by atoms with van der Waals surface area (Å²) in [5.74, 6) is 0. The highest BCUT2D eigenvalue weighted by atomic mass is 35.5. The number of hydrogen-bond acceptors (Lipinski definition) is 4. The molecule has 1 aliphatic rings. The third kappa shape index (κ3) is 3.53. The lowest BCUT2D eigenvalue weighted by Gasteiger charge is -2.13. The molecule has 2 aromatic carbocycles. The van der Waals surface area contributed by atoms with Gasteiger partial charge in [-0.15, -0.1) is 0 Å². The van der Waals surface area contributed by atoms with Crippen molar-refractivity contribution in [3.05, 3.63) is 59.1 Å². The molecular weight excluding hydrogens is 352 g/mol. The highest BCUT2D eigenvalue weighted by Crippen LogP contribution is 2.21. The van der Waals surface area contributed by atoms with Gasteiger partial charge in [-0.25, -0.2) is 17.9 Å². The first kappa shape index (κ1) is 16.8. The molecule has 1 saturated heterocycles. The molecule has 0 unspecified atom stereocenters. The minimum absolute atomic E-state index is 0.0994. The van der Waals surface area contributed by atoms with Crippen molar-refractivity contribution >= 4 is 33.4 Å². The molecule has 24 heavy (non-hydrogen) atoms. The minimum atomic E-state index is -3.67. The van der Waals surface area contributed by atoms with Crippen molar-refractivity contribution in [2.24, 2.45) is 0 Å². The summed E-state index contributed by atoms with van der Waals surface area (Å²) in [7, 11) is -3.67. The van der Waals surface area contributed by atoms with Crippen LogP contribution in [0, 0.1) is 0 Å². The van der Waals surface area contributed by atoms with Crippen molar-refractivity contribution in [3.63, 3.8) is 0 Å². The molecule has 1 heterocycles. The Morgan fingerprint density at radius 1 is 1.12 bits per heavy atom. The number of rotatable bonds is 5. The van der Waals surface area contributed by atoms with E-state index in [4.69, 9.17) is 16.3 Å². The molecule has 1 amide bonds. The Balaban J connectivity index is 1.73. The van der Waals surface area contributed by atoms with Gasteiger partial charge in [0.25, 0.3) is 0 Å². The Bertz CT molecular complexity index is 853. The van der Waals surface area contributed by atoms with Crippen LogP contribution in [-0.2, 0) is 21.3 Å². The summed E-state index contributed by atoms with van der Waals surface area (Å²) in [5, 5.41) is 0.503. The summed E-state index contributed by atoms with van der Waals surface area (Å²) in [6.45, 7) is 0.885. The van der Waals surface area contributed by atoms with Gasteiger partial charge < -0.3 is 4.74 Å². The van der Waals surface area contributed by atoms with Gasteiger partial charge in [0.15, 0.2) is 0 Å². The van der Waals surface area contributed by atoms with E-state index in [9.17, 15) is 13.2 Å². The van der Waals surface area contributed by atoms with E-state index in [2.05, 4.69) is 4.72 Å². The molecule has 3 rings (SSSR count). The van der Waals surface area contributed by atoms with E-state index in [1.54, 1.807) is 36.4 Å². The zero-order valence-electron chi connectivity index (χ0n) is 12.6. The van der Waals surface area contributed by atoms with Crippen molar-refractivity contribution in [1.82, 2.24) is 4.72 Å². The largest absolute Gasteiger partial charge is 0.447 e. The first-order valence-corrected chi connectivity index (χ1v) is 9.11. The molecule has 0 radical (unpaired) electrons. The third-order valence-corrected chi connectivity index (χ3v) is 5.42. The molecule has 1 aliphatic heterocycles. The van der Waals surface area contributed by atoms with E-state index in [1.807, 2.05) is 0 Å². The number of cyclic esters (lactones) is 1. The molecule has 126 valence electrons. The molecule has 0 saturated carbocycles. The van der Waals surface area contributed by atoms with Crippen LogP contribution in [0.1, 0.15) is 5.56 Å². The average Bonchev–Trinajstić information content (AvgIpc) is 3.00. The fourth-order valence-electron chi connectivity index (χ4n) is 2.33. The number of nitrogens with one attached hydrogen (secondary N) is 1. The zero-order chi connectivity index (χ0) is 17.2. The Morgan fingerprint density at radius 2 is 1.83 bits per heavy atom. The van der Waals surface area contributed by atoms with Crippen LogP contribution < -0.4 is 9.62 Å². The molecule has 8 heteroatoms. The van der Waals surface area contributed by atoms with Gasteiger partial charge in [0.2, 0.25) is 10.0 Å². The Kier molecular flexibility index (Phi) is 4.75. The predicted octanol–water partition coefficient (Wildman–Crippen LogP) is 2.78. The summed E-state index contributed by atoms with van der Waals surface area (Å²) >= 11 is 6.02. The molecule has 1 N–H and O–H groups in total. The number of nitrogens with zero attached hydrogens (tertiary/aromatic N) is 1. The molecule has 0 spiro atoms. The zero-order valence-corrected chi connectivity index (χ0v) is 14.2. The smallest absolute Gasteiger partial charge is 0.414 e. The fraction of sp³-hybridized carbons (Fsp3) is 0.188. The molecule has 2 aromatic rings. The van der Waals surface area contributed by atoms with Crippen LogP contribution in [0.25, 0.3) is 0 Å². The van der Waals surface area contributed by atoms with Crippen LogP contribution in [0.5, 0.6) is 0 Å². The van der Waals surface area contributed by atoms with Gasteiger partial charge in [0.1, 0.15) is 6.61 Å². The van der Waals surface area contributed by atoms with Gasteiger partial charge in [-0.2, -0.15) is 0 Å². The number of amides is 1. The number of sulfonamides is 1. The van der Waals surface area contributed by atoms with E-state index in [-0.39, 0.29) is 11.4 Å². The lowest BCUT2D eigenvalue weighted by Crippen LogP contribution is -2.25. The Labute approximate surface area is 145 Å². The van der Waals surface area contributed by atoms with Gasteiger partial charge in [0, 0.05) is 17.3 Å². The van der Waals surface area contributed by atoms with Crippen LogP contribution in [-0.4, -0.2) is 27.7 Å². The van der Waals surface area contributed by atoms with E-state index < -0.39 is 16.1 Å². The quantitative estimate of drug-likeness (QED) is 0.882. The molecule has 0 bridgehead atoms. The topological polar surface area (TPSA) is 75.7 Å². The maximum Gasteiger partial charge on any atom is 0.414 e. The van der Waals surface area contributed by atoms with Gasteiger partial charge in [-0.1, -0.05) is 29.8 Å². The summed E-state index contributed by atoms with van der Waals surface area (Å²) in [6, 6.07) is 13.1. The van der Waals surface area contributed by atoms with E-state index >= 15 is 0 Å². The first-order valence-electron chi connectivity index (χ1n) is 7.25. The summed E-state index contributed by atoms with van der Waals surface area (Å²) in [6.07, 6.45) is -0.428. The Hall–Kier alpha value is -2.09. The lowest BCUT2D eigenvalue weighted by atomic mass is 10.2. The number of benzene rings is 2. The SMILES string of the molecule is O=C1OCCN1c1ccc(S(=O)(=O)NCc2ccccc2Cl)cc1. The van der Waals surface area contributed by atoms with Crippen LogP contribution >= 0.6 is 11.6 Å². The number of ether oxygens (including phenoxy) is 1. The number of halogens is 1. The molecule has 0 aromatic heterocycles.